The Morgan fingerprint density at radius 2 is 1.89 bits per heavy atom. The van der Waals surface area contributed by atoms with Gasteiger partial charge in [0.25, 0.3) is 0 Å². The number of hydrogen-bond donors (Lipinski definition) is 1. The molecule has 1 heterocycles. The third-order valence-electron chi connectivity index (χ3n) is 4.16. The molecular weight excluding hydrogens is 230 g/mol. The second-order valence-corrected chi connectivity index (χ2v) is 5.44. The van der Waals surface area contributed by atoms with Gasteiger partial charge in [-0.25, -0.2) is 0 Å². The third kappa shape index (κ3) is 3.69. The van der Waals surface area contributed by atoms with Crippen molar-refractivity contribution in [2.75, 3.05) is 20.3 Å². The number of methoxy groups -OCH3 is 1. The van der Waals surface area contributed by atoms with Crippen molar-refractivity contribution in [3.8, 4) is 0 Å². The molecule has 18 heavy (non-hydrogen) atoms. The van der Waals surface area contributed by atoms with Crippen LogP contribution in [0.2, 0.25) is 0 Å². The standard InChI is InChI=1S/C14H25NO3/c1-17-13-10-18-9-8-12(13)15-14(16)11-6-4-2-3-5-7-11/h11-13H,2-10H2,1H3,(H,15,16)/t12-,13-/m0/s1. The number of carbonyl (C=O) groups is 1. The Labute approximate surface area is 109 Å². The highest BCUT2D eigenvalue weighted by molar-refractivity contribution is 5.79. The van der Waals surface area contributed by atoms with Gasteiger partial charge in [0.1, 0.15) is 6.10 Å². The van der Waals surface area contributed by atoms with Gasteiger partial charge >= 0.3 is 0 Å². The molecule has 0 radical (unpaired) electrons. The second kappa shape index (κ2) is 7.10. The minimum atomic E-state index is 0.00785. The zero-order chi connectivity index (χ0) is 12.8. The van der Waals surface area contributed by atoms with Crippen molar-refractivity contribution in [3.05, 3.63) is 0 Å². The summed E-state index contributed by atoms with van der Waals surface area (Å²) in [5.41, 5.74) is 0. The quantitative estimate of drug-likeness (QED) is 0.783. The van der Waals surface area contributed by atoms with E-state index in [0.29, 0.717) is 6.61 Å². The highest BCUT2D eigenvalue weighted by Crippen LogP contribution is 2.23. The van der Waals surface area contributed by atoms with Gasteiger partial charge in [-0.05, 0) is 19.3 Å². The lowest BCUT2D eigenvalue weighted by Gasteiger charge is -2.32. The molecule has 104 valence electrons. The average molecular weight is 255 g/mol. The van der Waals surface area contributed by atoms with Crippen molar-refractivity contribution >= 4 is 5.91 Å². The molecule has 0 aromatic heterocycles. The van der Waals surface area contributed by atoms with Crippen molar-refractivity contribution in [2.24, 2.45) is 5.92 Å². The van der Waals surface area contributed by atoms with Gasteiger partial charge in [-0.3, -0.25) is 4.79 Å². The van der Waals surface area contributed by atoms with Gasteiger partial charge in [0.2, 0.25) is 5.91 Å². The summed E-state index contributed by atoms with van der Waals surface area (Å²) in [6, 6.07) is 0.125. The molecule has 0 bridgehead atoms. The molecule has 2 aliphatic rings. The van der Waals surface area contributed by atoms with Crippen LogP contribution in [-0.2, 0) is 14.3 Å². The van der Waals surface area contributed by atoms with Gasteiger partial charge in [-0.2, -0.15) is 0 Å². The molecule has 2 atom stereocenters. The molecule has 0 aromatic carbocycles. The topological polar surface area (TPSA) is 47.6 Å². The molecule has 1 aliphatic carbocycles. The van der Waals surface area contributed by atoms with E-state index in [9.17, 15) is 4.79 Å². The average Bonchev–Trinajstić information content (AvgIpc) is 2.68. The monoisotopic (exact) mass is 255 g/mol. The SMILES string of the molecule is CO[C@H]1COCC[C@@H]1NC(=O)C1CCCCCC1. The molecule has 2 fully saturated rings. The Balaban J connectivity index is 1.84. The van der Waals surface area contributed by atoms with E-state index in [-0.39, 0.29) is 24.0 Å². The summed E-state index contributed by atoms with van der Waals surface area (Å²) in [6.07, 6.45) is 7.91. The molecule has 4 nitrogen and oxygen atoms in total. The first kappa shape index (κ1) is 13.8. The van der Waals surface area contributed by atoms with Crippen LogP contribution in [-0.4, -0.2) is 38.4 Å². The minimum absolute atomic E-state index is 0.00785. The summed E-state index contributed by atoms with van der Waals surface area (Å²) >= 11 is 0. The zero-order valence-corrected chi connectivity index (χ0v) is 11.3. The summed E-state index contributed by atoms with van der Waals surface area (Å²) in [4.78, 5) is 12.3. The van der Waals surface area contributed by atoms with Crippen LogP contribution in [0.25, 0.3) is 0 Å². The first-order chi connectivity index (χ1) is 8.81. The van der Waals surface area contributed by atoms with Gasteiger partial charge < -0.3 is 14.8 Å². The van der Waals surface area contributed by atoms with Gasteiger partial charge in [0.15, 0.2) is 0 Å². The number of amides is 1. The Bertz CT molecular complexity index is 262. The largest absolute Gasteiger partial charge is 0.379 e. The summed E-state index contributed by atoms with van der Waals surface area (Å²) in [6.45, 7) is 1.31. The lowest BCUT2D eigenvalue weighted by atomic mass is 9.97. The lowest BCUT2D eigenvalue weighted by Crippen LogP contribution is -2.51. The molecule has 0 unspecified atom stereocenters. The Morgan fingerprint density at radius 1 is 1.17 bits per heavy atom. The zero-order valence-electron chi connectivity index (χ0n) is 11.3. The molecule has 1 saturated heterocycles. The van der Waals surface area contributed by atoms with Crippen LogP contribution in [0.5, 0.6) is 0 Å². The summed E-state index contributed by atoms with van der Waals surface area (Å²) in [5, 5.41) is 3.17. The normalized spacial score (nSPS) is 30.7. The number of hydrogen-bond acceptors (Lipinski definition) is 3. The lowest BCUT2D eigenvalue weighted by molar-refractivity contribution is -0.129. The molecule has 1 amide bonds. The summed E-state index contributed by atoms with van der Waals surface area (Å²) in [7, 11) is 1.68. The second-order valence-electron chi connectivity index (χ2n) is 5.44. The molecule has 1 saturated carbocycles. The van der Waals surface area contributed by atoms with Crippen LogP contribution in [0.4, 0.5) is 0 Å². The molecule has 1 N–H and O–H groups in total. The highest BCUT2D eigenvalue weighted by Gasteiger charge is 2.29. The third-order valence-corrected chi connectivity index (χ3v) is 4.16. The number of carbonyl (C=O) groups excluding carboxylic acids is 1. The predicted molar refractivity (Wildman–Crippen MR) is 69.4 cm³/mol. The van der Waals surface area contributed by atoms with Crippen molar-refractivity contribution < 1.29 is 14.3 Å². The van der Waals surface area contributed by atoms with Crippen LogP contribution in [0.1, 0.15) is 44.9 Å². The molecule has 2 rings (SSSR count). The van der Waals surface area contributed by atoms with Gasteiger partial charge in [0, 0.05) is 19.6 Å². The Hall–Kier alpha value is -0.610. The molecular formula is C14H25NO3. The number of rotatable bonds is 3. The van der Waals surface area contributed by atoms with Crippen LogP contribution >= 0.6 is 0 Å². The number of ether oxygens (including phenoxy) is 2. The van der Waals surface area contributed by atoms with Crippen molar-refractivity contribution in [1.82, 2.24) is 5.32 Å². The van der Waals surface area contributed by atoms with E-state index in [1.54, 1.807) is 7.11 Å². The van der Waals surface area contributed by atoms with E-state index < -0.39 is 0 Å². The van der Waals surface area contributed by atoms with E-state index in [1.165, 1.54) is 25.7 Å². The summed E-state index contributed by atoms with van der Waals surface area (Å²) in [5.74, 6) is 0.443. The van der Waals surface area contributed by atoms with E-state index in [0.717, 1.165) is 25.9 Å². The van der Waals surface area contributed by atoms with Gasteiger partial charge in [0.05, 0.1) is 12.6 Å². The maximum absolute atomic E-state index is 12.3. The fraction of sp³-hybridized carbons (Fsp3) is 0.929. The molecule has 0 aromatic rings. The van der Waals surface area contributed by atoms with E-state index in [4.69, 9.17) is 9.47 Å². The van der Waals surface area contributed by atoms with E-state index in [1.807, 2.05) is 0 Å². The van der Waals surface area contributed by atoms with E-state index >= 15 is 0 Å². The first-order valence-electron chi connectivity index (χ1n) is 7.22. The smallest absolute Gasteiger partial charge is 0.223 e. The van der Waals surface area contributed by atoms with Crippen LogP contribution < -0.4 is 5.32 Å². The number of nitrogens with one attached hydrogen (secondary N) is 1. The van der Waals surface area contributed by atoms with Crippen molar-refractivity contribution in [3.63, 3.8) is 0 Å². The van der Waals surface area contributed by atoms with E-state index in [2.05, 4.69) is 5.32 Å². The van der Waals surface area contributed by atoms with Crippen LogP contribution in [0.3, 0.4) is 0 Å². The predicted octanol–water partition coefficient (Wildman–Crippen LogP) is 1.88. The maximum atomic E-state index is 12.3. The Morgan fingerprint density at radius 3 is 2.56 bits per heavy atom. The fourth-order valence-electron chi connectivity index (χ4n) is 2.95. The molecule has 4 heteroatoms. The maximum Gasteiger partial charge on any atom is 0.223 e. The highest BCUT2D eigenvalue weighted by atomic mass is 16.5. The molecule has 1 aliphatic heterocycles. The van der Waals surface area contributed by atoms with Crippen molar-refractivity contribution in [1.29, 1.82) is 0 Å². The van der Waals surface area contributed by atoms with Crippen LogP contribution in [0.15, 0.2) is 0 Å². The first-order valence-corrected chi connectivity index (χ1v) is 7.22. The van der Waals surface area contributed by atoms with Crippen molar-refractivity contribution in [2.45, 2.75) is 57.1 Å². The Kier molecular flexibility index (Phi) is 5.45. The van der Waals surface area contributed by atoms with Gasteiger partial charge in [-0.15, -0.1) is 0 Å². The van der Waals surface area contributed by atoms with Crippen LogP contribution in [0, 0.1) is 5.92 Å². The fourth-order valence-corrected chi connectivity index (χ4v) is 2.95. The van der Waals surface area contributed by atoms with Gasteiger partial charge in [-0.1, -0.05) is 25.7 Å². The summed E-state index contributed by atoms with van der Waals surface area (Å²) < 4.78 is 10.8. The minimum Gasteiger partial charge on any atom is -0.379 e. The molecule has 0 spiro atoms.